The molecule has 122 valence electrons. The summed E-state index contributed by atoms with van der Waals surface area (Å²) in [5.74, 6) is 0.469. The van der Waals surface area contributed by atoms with E-state index in [2.05, 4.69) is 34.2 Å². The number of hydrogen-bond donors (Lipinski definition) is 1. The van der Waals surface area contributed by atoms with E-state index in [0.717, 1.165) is 17.7 Å². The zero-order valence-electron chi connectivity index (χ0n) is 13.2. The molecule has 3 aromatic rings. The van der Waals surface area contributed by atoms with Crippen LogP contribution in [0.4, 0.5) is 0 Å². The van der Waals surface area contributed by atoms with Gasteiger partial charge in [-0.1, -0.05) is 30.8 Å². The minimum atomic E-state index is -0.388. The third kappa shape index (κ3) is 3.46. The summed E-state index contributed by atoms with van der Waals surface area (Å²) in [6, 6.07) is 12.0. The molecule has 0 aliphatic heterocycles. The van der Waals surface area contributed by atoms with Crippen molar-refractivity contribution in [3.05, 3.63) is 54.4 Å². The molecular formula is C17H17N5OS. The van der Waals surface area contributed by atoms with Gasteiger partial charge in [-0.15, -0.1) is 10.2 Å². The molecule has 2 heterocycles. The molecule has 0 fully saturated rings. The number of rotatable bonds is 6. The molecule has 0 radical (unpaired) electrons. The Morgan fingerprint density at radius 3 is 2.46 bits per heavy atom. The Labute approximate surface area is 144 Å². The fourth-order valence-corrected chi connectivity index (χ4v) is 2.99. The highest BCUT2D eigenvalue weighted by Crippen LogP contribution is 2.27. The van der Waals surface area contributed by atoms with Crippen LogP contribution in [0.1, 0.15) is 12.5 Å². The van der Waals surface area contributed by atoms with E-state index in [0.29, 0.717) is 11.0 Å². The van der Waals surface area contributed by atoms with Gasteiger partial charge in [0.1, 0.15) is 0 Å². The maximum absolute atomic E-state index is 11.1. The zero-order valence-corrected chi connectivity index (χ0v) is 14.0. The van der Waals surface area contributed by atoms with Crippen LogP contribution in [0.15, 0.2) is 53.9 Å². The maximum Gasteiger partial charge on any atom is 0.227 e. The number of amides is 1. The Bertz CT molecular complexity index is 830. The molecule has 6 nitrogen and oxygen atoms in total. The van der Waals surface area contributed by atoms with E-state index >= 15 is 0 Å². The van der Waals surface area contributed by atoms with E-state index in [1.807, 2.05) is 28.8 Å². The molecule has 1 amide bonds. The standard InChI is InChI=1S/C17H17N5OS/c1-2-12-3-5-14(6-4-12)22-16(13-7-9-19-10-8-13)20-21-17(22)24-11-15(18)23/h3-10H,2,11H2,1H3,(H2,18,23). The molecule has 0 bridgehead atoms. The molecule has 0 saturated heterocycles. The van der Waals surface area contributed by atoms with E-state index < -0.39 is 0 Å². The monoisotopic (exact) mass is 339 g/mol. The van der Waals surface area contributed by atoms with E-state index in [-0.39, 0.29) is 11.7 Å². The molecule has 0 saturated carbocycles. The lowest BCUT2D eigenvalue weighted by Gasteiger charge is -2.10. The average Bonchev–Trinajstić information content (AvgIpc) is 3.04. The number of carbonyl (C=O) groups is 1. The number of pyridine rings is 1. The van der Waals surface area contributed by atoms with Crippen molar-refractivity contribution in [3.63, 3.8) is 0 Å². The van der Waals surface area contributed by atoms with Gasteiger partial charge in [0.05, 0.1) is 5.75 Å². The third-order valence-electron chi connectivity index (χ3n) is 3.52. The van der Waals surface area contributed by atoms with Crippen molar-refractivity contribution < 1.29 is 4.79 Å². The first-order chi connectivity index (χ1) is 11.7. The Morgan fingerprint density at radius 2 is 1.83 bits per heavy atom. The number of aromatic nitrogens is 4. The number of carbonyl (C=O) groups excluding carboxylic acids is 1. The van der Waals surface area contributed by atoms with Crippen molar-refractivity contribution in [1.82, 2.24) is 19.7 Å². The van der Waals surface area contributed by atoms with E-state index in [9.17, 15) is 4.79 Å². The summed E-state index contributed by atoms with van der Waals surface area (Å²) in [5.41, 5.74) is 8.36. The molecule has 24 heavy (non-hydrogen) atoms. The number of primary amides is 1. The summed E-state index contributed by atoms with van der Waals surface area (Å²) in [6.45, 7) is 2.12. The highest BCUT2D eigenvalue weighted by atomic mass is 32.2. The van der Waals surface area contributed by atoms with Crippen molar-refractivity contribution in [1.29, 1.82) is 0 Å². The largest absolute Gasteiger partial charge is 0.369 e. The first-order valence-corrected chi connectivity index (χ1v) is 8.54. The van der Waals surface area contributed by atoms with Gasteiger partial charge >= 0.3 is 0 Å². The highest BCUT2D eigenvalue weighted by molar-refractivity contribution is 7.99. The summed E-state index contributed by atoms with van der Waals surface area (Å²) >= 11 is 1.27. The molecule has 0 unspecified atom stereocenters. The zero-order chi connectivity index (χ0) is 16.9. The van der Waals surface area contributed by atoms with Crippen LogP contribution >= 0.6 is 11.8 Å². The Morgan fingerprint density at radius 1 is 1.12 bits per heavy atom. The van der Waals surface area contributed by atoms with Crippen LogP contribution in [0.25, 0.3) is 17.1 Å². The van der Waals surface area contributed by atoms with Crippen molar-refractivity contribution in [3.8, 4) is 17.1 Å². The number of benzene rings is 1. The maximum atomic E-state index is 11.1. The first-order valence-electron chi connectivity index (χ1n) is 7.55. The number of hydrogen-bond acceptors (Lipinski definition) is 5. The molecule has 7 heteroatoms. The predicted octanol–water partition coefficient (Wildman–Crippen LogP) is 2.47. The minimum absolute atomic E-state index is 0.154. The van der Waals surface area contributed by atoms with Gasteiger partial charge in [0.15, 0.2) is 11.0 Å². The normalized spacial score (nSPS) is 10.7. The summed E-state index contributed by atoms with van der Waals surface area (Å²) in [6.07, 6.45) is 4.40. The summed E-state index contributed by atoms with van der Waals surface area (Å²) in [7, 11) is 0. The summed E-state index contributed by atoms with van der Waals surface area (Å²) in [5, 5.41) is 9.16. The Kier molecular flexibility index (Phi) is 4.90. The second-order valence-electron chi connectivity index (χ2n) is 5.15. The Balaban J connectivity index is 2.08. The van der Waals surface area contributed by atoms with Gasteiger partial charge in [-0.25, -0.2) is 0 Å². The van der Waals surface area contributed by atoms with Crippen molar-refractivity contribution in [2.75, 3.05) is 5.75 Å². The number of aryl methyl sites for hydroxylation is 1. The quantitative estimate of drug-likeness (QED) is 0.697. The lowest BCUT2D eigenvalue weighted by Crippen LogP contribution is -2.13. The molecule has 0 aliphatic carbocycles. The minimum Gasteiger partial charge on any atom is -0.369 e. The van der Waals surface area contributed by atoms with Crippen LogP contribution < -0.4 is 5.73 Å². The van der Waals surface area contributed by atoms with Gasteiger partial charge in [0.2, 0.25) is 5.91 Å². The van der Waals surface area contributed by atoms with Crippen LogP contribution in [0.5, 0.6) is 0 Å². The molecular weight excluding hydrogens is 322 g/mol. The van der Waals surface area contributed by atoms with Gasteiger partial charge in [-0.3, -0.25) is 14.3 Å². The van der Waals surface area contributed by atoms with Gasteiger partial charge in [-0.2, -0.15) is 0 Å². The molecule has 0 aliphatic rings. The van der Waals surface area contributed by atoms with Crippen molar-refractivity contribution >= 4 is 17.7 Å². The SMILES string of the molecule is CCc1ccc(-n2c(SCC(N)=O)nnc2-c2ccncc2)cc1. The number of thioether (sulfide) groups is 1. The van der Waals surface area contributed by atoms with Gasteiger partial charge < -0.3 is 5.73 Å². The predicted molar refractivity (Wildman–Crippen MR) is 93.9 cm³/mol. The molecule has 0 spiro atoms. The van der Waals surface area contributed by atoms with E-state index in [1.54, 1.807) is 12.4 Å². The fraction of sp³-hybridized carbons (Fsp3) is 0.176. The van der Waals surface area contributed by atoms with Crippen LogP contribution in [0.3, 0.4) is 0 Å². The fourth-order valence-electron chi connectivity index (χ4n) is 2.30. The average molecular weight is 339 g/mol. The molecule has 1 aromatic carbocycles. The summed E-state index contributed by atoms with van der Waals surface area (Å²) < 4.78 is 1.93. The van der Waals surface area contributed by atoms with Crippen LogP contribution in [-0.2, 0) is 11.2 Å². The highest BCUT2D eigenvalue weighted by Gasteiger charge is 2.16. The van der Waals surface area contributed by atoms with E-state index in [1.165, 1.54) is 17.3 Å². The molecule has 2 aromatic heterocycles. The van der Waals surface area contributed by atoms with E-state index in [4.69, 9.17) is 5.73 Å². The first kappa shape index (κ1) is 16.2. The smallest absolute Gasteiger partial charge is 0.227 e. The second-order valence-corrected chi connectivity index (χ2v) is 6.09. The molecule has 3 rings (SSSR count). The lowest BCUT2D eigenvalue weighted by molar-refractivity contribution is -0.115. The number of nitrogens with zero attached hydrogens (tertiary/aromatic N) is 4. The molecule has 0 atom stereocenters. The van der Waals surface area contributed by atoms with Crippen LogP contribution in [-0.4, -0.2) is 31.4 Å². The van der Waals surface area contributed by atoms with Crippen LogP contribution in [0.2, 0.25) is 0 Å². The summed E-state index contributed by atoms with van der Waals surface area (Å²) in [4.78, 5) is 15.2. The number of nitrogens with two attached hydrogens (primary N) is 1. The van der Waals surface area contributed by atoms with Crippen molar-refractivity contribution in [2.45, 2.75) is 18.5 Å². The lowest BCUT2D eigenvalue weighted by atomic mass is 10.1. The van der Waals surface area contributed by atoms with Crippen LogP contribution in [0, 0.1) is 0 Å². The second kappa shape index (κ2) is 7.27. The topological polar surface area (TPSA) is 86.7 Å². The molecule has 2 N–H and O–H groups in total. The van der Waals surface area contributed by atoms with Gasteiger partial charge in [0.25, 0.3) is 0 Å². The third-order valence-corrected chi connectivity index (χ3v) is 4.47. The van der Waals surface area contributed by atoms with Gasteiger partial charge in [0, 0.05) is 23.6 Å². The van der Waals surface area contributed by atoms with Crippen molar-refractivity contribution in [2.24, 2.45) is 5.73 Å². The Hall–Kier alpha value is -2.67. The van der Waals surface area contributed by atoms with Gasteiger partial charge in [-0.05, 0) is 36.2 Å².